The van der Waals surface area contributed by atoms with E-state index in [1.165, 1.54) is 25.7 Å². The summed E-state index contributed by atoms with van der Waals surface area (Å²) in [6.45, 7) is 4.87. The summed E-state index contributed by atoms with van der Waals surface area (Å²) in [7, 11) is 0. The summed E-state index contributed by atoms with van der Waals surface area (Å²) in [4.78, 5) is 19.8. The van der Waals surface area contributed by atoms with E-state index >= 15 is 0 Å². The highest BCUT2D eigenvalue weighted by molar-refractivity contribution is 5.96. The standard InChI is InChI=1S/C29H32FN3O2/c1-3-24-25(11-8-19(2)28(24)30)29(34)33-14-15-35-26-12-9-20(16-22(26)18-33)21-10-13-27(31-17-21)32-23-6-4-5-7-23/h8-13,16-17,23H,3-7,14-15,18H2,1-2H3,(H,31,32). The lowest BCUT2D eigenvalue weighted by Gasteiger charge is -2.22. The second-order valence-corrected chi connectivity index (χ2v) is 9.53. The van der Waals surface area contributed by atoms with Crippen LogP contribution in [0.4, 0.5) is 10.2 Å². The van der Waals surface area contributed by atoms with Gasteiger partial charge in [0.25, 0.3) is 5.91 Å². The molecule has 5 rings (SSSR count). The lowest BCUT2D eigenvalue weighted by Crippen LogP contribution is -2.33. The molecule has 182 valence electrons. The summed E-state index contributed by atoms with van der Waals surface area (Å²) in [5.74, 6) is 1.24. The summed E-state index contributed by atoms with van der Waals surface area (Å²) in [6.07, 6.45) is 7.34. The van der Waals surface area contributed by atoms with Crippen LogP contribution >= 0.6 is 0 Å². The Morgan fingerprint density at radius 3 is 2.69 bits per heavy atom. The molecule has 5 nitrogen and oxygen atoms in total. The molecule has 2 aliphatic rings. The van der Waals surface area contributed by atoms with E-state index in [9.17, 15) is 9.18 Å². The van der Waals surface area contributed by atoms with Crippen LogP contribution in [0.2, 0.25) is 0 Å². The van der Waals surface area contributed by atoms with Gasteiger partial charge >= 0.3 is 0 Å². The monoisotopic (exact) mass is 473 g/mol. The summed E-state index contributed by atoms with van der Waals surface area (Å²) < 4.78 is 20.6. The first kappa shape index (κ1) is 23.3. The van der Waals surface area contributed by atoms with E-state index in [0.29, 0.717) is 48.8 Å². The van der Waals surface area contributed by atoms with Gasteiger partial charge in [0.15, 0.2) is 0 Å². The van der Waals surface area contributed by atoms with Gasteiger partial charge in [-0.2, -0.15) is 0 Å². The van der Waals surface area contributed by atoms with Gasteiger partial charge in [-0.25, -0.2) is 9.37 Å². The lowest BCUT2D eigenvalue weighted by atomic mass is 9.99. The maximum atomic E-state index is 14.7. The smallest absolute Gasteiger partial charge is 0.254 e. The van der Waals surface area contributed by atoms with Crippen molar-refractivity contribution in [3.05, 3.63) is 76.7 Å². The van der Waals surface area contributed by atoms with Gasteiger partial charge in [0.05, 0.1) is 6.54 Å². The van der Waals surface area contributed by atoms with Crippen LogP contribution in [0.5, 0.6) is 5.75 Å². The Morgan fingerprint density at radius 1 is 1.14 bits per heavy atom. The van der Waals surface area contributed by atoms with Crippen molar-refractivity contribution in [1.29, 1.82) is 0 Å². The van der Waals surface area contributed by atoms with Gasteiger partial charge in [-0.15, -0.1) is 0 Å². The van der Waals surface area contributed by atoms with Gasteiger partial charge in [0, 0.05) is 41.0 Å². The molecule has 0 spiro atoms. The summed E-state index contributed by atoms with van der Waals surface area (Å²) >= 11 is 0. The highest BCUT2D eigenvalue weighted by Crippen LogP contribution is 2.31. The zero-order valence-corrected chi connectivity index (χ0v) is 20.4. The molecular weight excluding hydrogens is 441 g/mol. The number of anilines is 1. The maximum absolute atomic E-state index is 14.7. The minimum absolute atomic E-state index is 0.161. The molecule has 1 aliphatic heterocycles. The average Bonchev–Trinajstić information content (AvgIpc) is 3.29. The second-order valence-electron chi connectivity index (χ2n) is 9.53. The number of amides is 1. The van der Waals surface area contributed by atoms with E-state index in [1.807, 2.05) is 31.3 Å². The van der Waals surface area contributed by atoms with Gasteiger partial charge in [0.2, 0.25) is 0 Å². The average molecular weight is 474 g/mol. The van der Waals surface area contributed by atoms with Crippen molar-refractivity contribution >= 4 is 11.7 Å². The van der Waals surface area contributed by atoms with E-state index in [2.05, 4.69) is 22.4 Å². The van der Waals surface area contributed by atoms with Gasteiger partial charge in [-0.3, -0.25) is 4.79 Å². The number of hydrogen-bond donors (Lipinski definition) is 1. The molecule has 1 aliphatic carbocycles. The second kappa shape index (κ2) is 10.1. The van der Waals surface area contributed by atoms with E-state index in [1.54, 1.807) is 24.0 Å². The van der Waals surface area contributed by atoms with Crippen molar-refractivity contribution in [3.8, 4) is 16.9 Å². The van der Waals surface area contributed by atoms with Gasteiger partial charge in [-0.1, -0.05) is 31.9 Å². The molecule has 0 atom stereocenters. The summed E-state index contributed by atoms with van der Waals surface area (Å²) in [5.41, 5.74) is 4.45. The van der Waals surface area contributed by atoms with Crippen LogP contribution in [0.25, 0.3) is 11.1 Å². The molecule has 3 aromatic rings. The molecule has 1 aromatic heterocycles. The van der Waals surface area contributed by atoms with Crippen LogP contribution in [0.1, 0.15) is 59.7 Å². The Labute approximate surface area is 206 Å². The number of hydrogen-bond acceptors (Lipinski definition) is 4. The fourth-order valence-corrected chi connectivity index (χ4v) is 5.13. The zero-order chi connectivity index (χ0) is 24.4. The van der Waals surface area contributed by atoms with Crippen molar-refractivity contribution in [2.45, 2.75) is 58.5 Å². The molecule has 6 heteroatoms. The van der Waals surface area contributed by atoms with E-state index in [4.69, 9.17) is 4.74 Å². The number of benzene rings is 2. The topological polar surface area (TPSA) is 54.5 Å². The van der Waals surface area contributed by atoms with Crippen LogP contribution < -0.4 is 10.1 Å². The Hall–Kier alpha value is -3.41. The number of rotatable bonds is 5. The first-order chi connectivity index (χ1) is 17.0. The highest BCUT2D eigenvalue weighted by Gasteiger charge is 2.25. The highest BCUT2D eigenvalue weighted by atomic mass is 19.1. The van der Waals surface area contributed by atoms with Crippen molar-refractivity contribution in [1.82, 2.24) is 9.88 Å². The zero-order valence-electron chi connectivity index (χ0n) is 20.4. The van der Waals surface area contributed by atoms with Crippen LogP contribution in [-0.2, 0) is 13.0 Å². The molecule has 0 bridgehead atoms. The first-order valence-corrected chi connectivity index (χ1v) is 12.6. The lowest BCUT2D eigenvalue weighted by molar-refractivity contribution is 0.0731. The predicted octanol–water partition coefficient (Wildman–Crippen LogP) is 6.15. The molecular formula is C29H32FN3O2. The molecule has 1 N–H and O–H groups in total. The number of nitrogens with one attached hydrogen (secondary N) is 1. The van der Waals surface area contributed by atoms with E-state index in [-0.39, 0.29) is 11.7 Å². The van der Waals surface area contributed by atoms with Gasteiger partial charge in [-0.05, 0) is 67.6 Å². The number of pyridine rings is 1. The summed E-state index contributed by atoms with van der Waals surface area (Å²) in [5, 5.41) is 3.53. The minimum Gasteiger partial charge on any atom is -0.491 e. The molecule has 2 heterocycles. The number of carbonyl (C=O) groups is 1. The quantitative estimate of drug-likeness (QED) is 0.483. The number of nitrogens with zero attached hydrogens (tertiary/aromatic N) is 2. The molecule has 0 unspecified atom stereocenters. The fourth-order valence-electron chi connectivity index (χ4n) is 5.13. The van der Waals surface area contributed by atoms with Crippen LogP contribution in [0.3, 0.4) is 0 Å². The third-order valence-corrected chi connectivity index (χ3v) is 7.15. The maximum Gasteiger partial charge on any atom is 0.254 e. The molecule has 1 amide bonds. The van der Waals surface area contributed by atoms with Crippen molar-refractivity contribution in [3.63, 3.8) is 0 Å². The van der Waals surface area contributed by atoms with Crippen molar-refractivity contribution in [2.75, 3.05) is 18.5 Å². The van der Waals surface area contributed by atoms with Crippen LogP contribution in [0, 0.1) is 12.7 Å². The Bertz CT molecular complexity index is 1220. The third kappa shape index (κ3) is 4.88. The van der Waals surface area contributed by atoms with Crippen LogP contribution in [0.15, 0.2) is 48.7 Å². The largest absolute Gasteiger partial charge is 0.491 e. The first-order valence-electron chi connectivity index (χ1n) is 12.6. The van der Waals surface area contributed by atoms with Gasteiger partial charge < -0.3 is 15.0 Å². The van der Waals surface area contributed by atoms with E-state index < -0.39 is 0 Å². The molecule has 1 saturated carbocycles. The molecule has 1 fully saturated rings. The molecule has 0 radical (unpaired) electrons. The Kier molecular flexibility index (Phi) is 6.71. The fraction of sp³-hybridized carbons (Fsp3) is 0.379. The normalized spacial score (nSPS) is 15.9. The van der Waals surface area contributed by atoms with E-state index in [0.717, 1.165) is 28.3 Å². The number of halogens is 1. The van der Waals surface area contributed by atoms with Crippen molar-refractivity contribution in [2.24, 2.45) is 0 Å². The van der Waals surface area contributed by atoms with Crippen LogP contribution in [-0.4, -0.2) is 35.0 Å². The number of ether oxygens (including phenoxy) is 1. The number of aromatic nitrogens is 1. The Balaban J connectivity index is 1.37. The molecule has 0 saturated heterocycles. The predicted molar refractivity (Wildman–Crippen MR) is 136 cm³/mol. The summed E-state index contributed by atoms with van der Waals surface area (Å²) in [6, 6.07) is 14.1. The Morgan fingerprint density at radius 2 is 1.94 bits per heavy atom. The molecule has 35 heavy (non-hydrogen) atoms. The minimum atomic E-state index is -0.287. The molecule has 2 aromatic carbocycles. The van der Waals surface area contributed by atoms with Crippen molar-refractivity contribution < 1.29 is 13.9 Å². The number of carbonyl (C=O) groups excluding carboxylic acids is 1. The third-order valence-electron chi connectivity index (χ3n) is 7.15. The van der Waals surface area contributed by atoms with Gasteiger partial charge in [0.1, 0.15) is 24.0 Å². The SMILES string of the molecule is CCc1c(C(=O)N2CCOc3ccc(-c4ccc(NC5CCCC5)nc4)cc3C2)ccc(C)c1F. The number of aryl methyl sites for hydroxylation is 1. The number of fused-ring (bicyclic) bond motifs is 1.